The Kier molecular flexibility index (Phi) is 5.28. The van der Waals surface area contributed by atoms with Crippen LogP contribution in [0, 0.1) is 6.92 Å². The molecular weight excluding hydrogens is 340 g/mol. The SMILES string of the molecule is Cc1cnc(C(=O)NC2CC(=O)N(CCc3cccc(Cl)c3)C2)cn1. The first-order valence-electron chi connectivity index (χ1n) is 8.13. The fraction of sp³-hybridized carbons (Fsp3) is 0.333. The molecule has 2 amide bonds. The van der Waals surface area contributed by atoms with E-state index in [1.807, 2.05) is 31.2 Å². The molecule has 1 unspecified atom stereocenters. The number of hydrogen-bond acceptors (Lipinski definition) is 4. The minimum atomic E-state index is -0.304. The quantitative estimate of drug-likeness (QED) is 0.887. The number of aromatic nitrogens is 2. The Balaban J connectivity index is 1.53. The van der Waals surface area contributed by atoms with Crippen LogP contribution in [0.5, 0.6) is 0 Å². The number of benzene rings is 1. The van der Waals surface area contributed by atoms with Crippen LogP contribution in [0.25, 0.3) is 0 Å². The Morgan fingerprint density at radius 2 is 2.20 bits per heavy atom. The molecule has 7 heteroatoms. The van der Waals surface area contributed by atoms with Gasteiger partial charge in [-0.1, -0.05) is 23.7 Å². The van der Waals surface area contributed by atoms with E-state index in [-0.39, 0.29) is 23.6 Å². The van der Waals surface area contributed by atoms with Crippen LogP contribution in [-0.2, 0) is 11.2 Å². The Hall–Kier alpha value is -2.47. The first-order chi connectivity index (χ1) is 12.0. The van der Waals surface area contributed by atoms with Gasteiger partial charge in [0, 0.05) is 30.7 Å². The van der Waals surface area contributed by atoms with Crippen molar-refractivity contribution in [3.63, 3.8) is 0 Å². The highest BCUT2D eigenvalue weighted by molar-refractivity contribution is 6.30. The minimum Gasteiger partial charge on any atom is -0.346 e. The Morgan fingerprint density at radius 1 is 1.36 bits per heavy atom. The molecule has 1 aromatic carbocycles. The number of carbonyl (C=O) groups is 2. The van der Waals surface area contributed by atoms with Crippen molar-refractivity contribution in [1.82, 2.24) is 20.2 Å². The van der Waals surface area contributed by atoms with Crippen molar-refractivity contribution >= 4 is 23.4 Å². The van der Waals surface area contributed by atoms with E-state index in [4.69, 9.17) is 11.6 Å². The highest BCUT2D eigenvalue weighted by atomic mass is 35.5. The second-order valence-electron chi connectivity index (χ2n) is 6.14. The van der Waals surface area contributed by atoms with Crippen molar-refractivity contribution in [2.75, 3.05) is 13.1 Å². The third kappa shape index (κ3) is 4.54. The molecule has 1 aliphatic heterocycles. The highest BCUT2D eigenvalue weighted by Gasteiger charge is 2.30. The summed E-state index contributed by atoms with van der Waals surface area (Å²) >= 11 is 5.98. The summed E-state index contributed by atoms with van der Waals surface area (Å²) in [6, 6.07) is 7.40. The molecule has 25 heavy (non-hydrogen) atoms. The highest BCUT2D eigenvalue weighted by Crippen LogP contribution is 2.15. The first-order valence-corrected chi connectivity index (χ1v) is 8.51. The van der Waals surface area contributed by atoms with Gasteiger partial charge < -0.3 is 10.2 Å². The van der Waals surface area contributed by atoms with Gasteiger partial charge in [0.05, 0.1) is 17.9 Å². The molecule has 1 saturated heterocycles. The topological polar surface area (TPSA) is 75.2 Å². The summed E-state index contributed by atoms with van der Waals surface area (Å²) in [7, 11) is 0. The van der Waals surface area contributed by atoms with Gasteiger partial charge in [0.25, 0.3) is 5.91 Å². The normalized spacial score (nSPS) is 17.0. The molecule has 2 heterocycles. The summed E-state index contributed by atoms with van der Waals surface area (Å²) < 4.78 is 0. The van der Waals surface area contributed by atoms with Crippen LogP contribution >= 0.6 is 11.6 Å². The van der Waals surface area contributed by atoms with Crippen molar-refractivity contribution in [3.05, 3.63) is 58.6 Å². The molecule has 1 aromatic heterocycles. The number of likely N-dealkylation sites (tertiary alicyclic amines) is 1. The number of halogens is 1. The van der Waals surface area contributed by atoms with Gasteiger partial charge in [-0.2, -0.15) is 0 Å². The predicted molar refractivity (Wildman–Crippen MR) is 94.4 cm³/mol. The molecule has 6 nitrogen and oxygen atoms in total. The zero-order valence-corrected chi connectivity index (χ0v) is 14.7. The van der Waals surface area contributed by atoms with Gasteiger partial charge in [-0.05, 0) is 31.0 Å². The van der Waals surface area contributed by atoms with E-state index >= 15 is 0 Å². The van der Waals surface area contributed by atoms with Crippen molar-refractivity contribution in [1.29, 1.82) is 0 Å². The summed E-state index contributed by atoms with van der Waals surface area (Å²) in [6.45, 7) is 2.92. The van der Waals surface area contributed by atoms with E-state index < -0.39 is 0 Å². The third-order valence-corrected chi connectivity index (χ3v) is 4.36. The summed E-state index contributed by atoms with van der Waals surface area (Å²) in [4.78, 5) is 34.2. The number of amides is 2. The molecule has 0 radical (unpaired) electrons. The van der Waals surface area contributed by atoms with Gasteiger partial charge in [0.15, 0.2) is 0 Å². The average Bonchev–Trinajstić information content (AvgIpc) is 2.93. The van der Waals surface area contributed by atoms with E-state index in [1.54, 1.807) is 11.1 Å². The molecule has 0 bridgehead atoms. The van der Waals surface area contributed by atoms with Gasteiger partial charge in [-0.3, -0.25) is 14.6 Å². The van der Waals surface area contributed by atoms with Crippen LogP contribution < -0.4 is 5.32 Å². The first kappa shape index (κ1) is 17.4. The molecule has 1 aliphatic rings. The van der Waals surface area contributed by atoms with Gasteiger partial charge in [0.1, 0.15) is 5.69 Å². The lowest BCUT2D eigenvalue weighted by molar-refractivity contribution is -0.127. The fourth-order valence-corrected chi connectivity index (χ4v) is 3.02. The number of nitrogens with one attached hydrogen (secondary N) is 1. The van der Waals surface area contributed by atoms with E-state index in [9.17, 15) is 9.59 Å². The van der Waals surface area contributed by atoms with E-state index in [0.29, 0.717) is 24.5 Å². The zero-order chi connectivity index (χ0) is 17.8. The Labute approximate surface area is 151 Å². The molecule has 0 aliphatic carbocycles. The molecule has 130 valence electrons. The van der Waals surface area contributed by atoms with Gasteiger partial charge >= 0.3 is 0 Å². The second kappa shape index (κ2) is 7.61. The van der Waals surface area contributed by atoms with Gasteiger partial charge in [-0.15, -0.1) is 0 Å². The van der Waals surface area contributed by atoms with E-state index in [0.717, 1.165) is 17.7 Å². The summed E-state index contributed by atoms with van der Waals surface area (Å²) in [5.74, 6) is -0.260. The standard InChI is InChI=1S/C18H19ClN4O2/c1-12-9-21-16(10-20-12)18(25)22-15-8-17(24)23(11-15)6-5-13-3-2-4-14(19)7-13/h2-4,7,9-10,15H,5-6,8,11H2,1H3,(H,22,25). The molecule has 0 saturated carbocycles. The summed E-state index contributed by atoms with van der Waals surface area (Å²) in [5, 5.41) is 3.55. The van der Waals surface area contributed by atoms with Gasteiger partial charge in [-0.25, -0.2) is 4.98 Å². The minimum absolute atomic E-state index is 0.0438. The molecular formula is C18H19ClN4O2. The Morgan fingerprint density at radius 3 is 2.92 bits per heavy atom. The maximum atomic E-state index is 12.2. The maximum Gasteiger partial charge on any atom is 0.271 e. The predicted octanol–water partition coefficient (Wildman–Crippen LogP) is 2.01. The number of rotatable bonds is 5. The molecule has 1 fully saturated rings. The summed E-state index contributed by atoms with van der Waals surface area (Å²) in [5.41, 5.74) is 2.10. The van der Waals surface area contributed by atoms with E-state index in [2.05, 4.69) is 15.3 Å². The molecule has 3 rings (SSSR count). The largest absolute Gasteiger partial charge is 0.346 e. The molecule has 2 aromatic rings. The fourth-order valence-electron chi connectivity index (χ4n) is 2.81. The summed E-state index contributed by atoms with van der Waals surface area (Å²) in [6.07, 6.45) is 4.03. The van der Waals surface area contributed by atoms with Crippen LogP contribution in [0.1, 0.15) is 28.2 Å². The number of carbonyl (C=O) groups excluding carboxylic acids is 2. The van der Waals surface area contributed by atoms with Crippen LogP contribution in [-0.4, -0.2) is 45.8 Å². The van der Waals surface area contributed by atoms with E-state index in [1.165, 1.54) is 6.20 Å². The number of hydrogen-bond donors (Lipinski definition) is 1. The van der Waals surface area contributed by atoms with Crippen LogP contribution in [0.3, 0.4) is 0 Å². The molecule has 1 N–H and O–H groups in total. The van der Waals surface area contributed by atoms with Crippen LogP contribution in [0.4, 0.5) is 0 Å². The number of nitrogens with zero attached hydrogens (tertiary/aromatic N) is 3. The van der Waals surface area contributed by atoms with Gasteiger partial charge in [0.2, 0.25) is 5.91 Å². The lowest BCUT2D eigenvalue weighted by Gasteiger charge is -2.17. The second-order valence-corrected chi connectivity index (χ2v) is 6.57. The van der Waals surface area contributed by atoms with Crippen molar-refractivity contribution in [2.24, 2.45) is 0 Å². The van der Waals surface area contributed by atoms with Crippen molar-refractivity contribution in [2.45, 2.75) is 25.8 Å². The van der Waals surface area contributed by atoms with Crippen molar-refractivity contribution in [3.8, 4) is 0 Å². The lowest BCUT2D eigenvalue weighted by Crippen LogP contribution is -2.38. The molecule has 0 spiro atoms. The average molecular weight is 359 g/mol. The maximum absolute atomic E-state index is 12.2. The number of aryl methyl sites for hydroxylation is 1. The molecule has 1 atom stereocenters. The smallest absolute Gasteiger partial charge is 0.271 e. The van der Waals surface area contributed by atoms with Crippen molar-refractivity contribution < 1.29 is 9.59 Å². The van der Waals surface area contributed by atoms with Crippen LogP contribution in [0.15, 0.2) is 36.7 Å². The monoisotopic (exact) mass is 358 g/mol. The Bertz CT molecular complexity index is 779. The lowest BCUT2D eigenvalue weighted by atomic mass is 10.1. The zero-order valence-electron chi connectivity index (χ0n) is 13.9. The van der Waals surface area contributed by atoms with Crippen LogP contribution in [0.2, 0.25) is 5.02 Å². The third-order valence-electron chi connectivity index (χ3n) is 4.12.